The third-order valence-corrected chi connectivity index (χ3v) is 3.42. The van der Waals surface area contributed by atoms with E-state index in [2.05, 4.69) is 4.98 Å². The number of carbonyl (C=O) groups is 1. The van der Waals surface area contributed by atoms with Gasteiger partial charge in [-0.2, -0.15) is 0 Å². The van der Waals surface area contributed by atoms with Crippen molar-refractivity contribution in [1.29, 1.82) is 0 Å². The Morgan fingerprint density at radius 1 is 1.63 bits per heavy atom. The summed E-state index contributed by atoms with van der Waals surface area (Å²) in [5, 5.41) is 9.20. The number of aliphatic hydroxyl groups is 1. The number of nitrogens with zero attached hydrogens (tertiary/aromatic N) is 2. The molecule has 19 heavy (non-hydrogen) atoms. The first-order chi connectivity index (χ1) is 9.17. The summed E-state index contributed by atoms with van der Waals surface area (Å²) in [4.78, 5) is 18.0. The maximum atomic E-state index is 11.8. The molecule has 6 heteroatoms. The number of nitrogens with two attached hydrogens (primary N) is 1. The lowest BCUT2D eigenvalue weighted by atomic mass is 9.91. The third kappa shape index (κ3) is 2.78. The number of aromatic nitrogens is 1. The summed E-state index contributed by atoms with van der Waals surface area (Å²) in [6.45, 7) is 0.467. The number of nitrogen functional groups attached to an aromatic ring is 1. The molecule has 0 saturated heterocycles. The van der Waals surface area contributed by atoms with Crippen LogP contribution in [-0.4, -0.2) is 42.4 Å². The fraction of sp³-hybridized carbons (Fsp3) is 0.538. The fourth-order valence-corrected chi connectivity index (χ4v) is 2.23. The van der Waals surface area contributed by atoms with Crippen LogP contribution in [-0.2, 0) is 4.74 Å². The van der Waals surface area contributed by atoms with E-state index in [4.69, 9.17) is 10.5 Å². The minimum absolute atomic E-state index is 0.0170. The van der Waals surface area contributed by atoms with Crippen molar-refractivity contribution in [3.05, 3.63) is 17.8 Å². The van der Waals surface area contributed by atoms with Gasteiger partial charge >= 0.3 is 5.97 Å². The number of methoxy groups -OCH3 is 1. The van der Waals surface area contributed by atoms with Crippen molar-refractivity contribution in [3.63, 3.8) is 0 Å². The van der Waals surface area contributed by atoms with E-state index in [9.17, 15) is 9.90 Å². The highest BCUT2D eigenvalue weighted by atomic mass is 16.5. The normalized spacial score (nSPS) is 14.8. The van der Waals surface area contributed by atoms with Gasteiger partial charge in [-0.3, -0.25) is 0 Å². The van der Waals surface area contributed by atoms with Crippen LogP contribution in [0, 0.1) is 0 Å². The SMILES string of the molecule is COC(=O)c1cc(N)cnc1N(CCO)C1CCC1. The van der Waals surface area contributed by atoms with Gasteiger partial charge in [-0.1, -0.05) is 0 Å². The highest BCUT2D eigenvalue weighted by molar-refractivity contribution is 5.95. The summed E-state index contributed by atoms with van der Waals surface area (Å²) in [6, 6.07) is 1.89. The van der Waals surface area contributed by atoms with E-state index >= 15 is 0 Å². The van der Waals surface area contributed by atoms with Crippen LogP contribution in [0.15, 0.2) is 12.3 Å². The zero-order valence-corrected chi connectivity index (χ0v) is 11.0. The van der Waals surface area contributed by atoms with E-state index in [0.717, 1.165) is 19.3 Å². The lowest BCUT2D eigenvalue weighted by Gasteiger charge is -2.38. The molecule has 0 radical (unpaired) electrons. The predicted molar refractivity (Wildman–Crippen MR) is 72.1 cm³/mol. The molecule has 0 spiro atoms. The number of hydrogen-bond acceptors (Lipinski definition) is 6. The Bertz CT molecular complexity index is 460. The molecular formula is C13H19N3O3. The summed E-state index contributed by atoms with van der Waals surface area (Å²) in [6.07, 6.45) is 4.78. The standard InChI is InChI=1S/C13H19N3O3/c1-19-13(18)11-7-9(14)8-15-12(11)16(5-6-17)10-3-2-4-10/h7-8,10,17H,2-6,14H2,1H3. The van der Waals surface area contributed by atoms with Crippen LogP contribution in [0.3, 0.4) is 0 Å². The van der Waals surface area contributed by atoms with E-state index in [1.165, 1.54) is 13.3 Å². The summed E-state index contributed by atoms with van der Waals surface area (Å²) in [5.41, 5.74) is 6.45. The second-order valence-corrected chi connectivity index (χ2v) is 4.63. The third-order valence-electron chi connectivity index (χ3n) is 3.42. The average molecular weight is 265 g/mol. The highest BCUT2D eigenvalue weighted by Crippen LogP contribution is 2.31. The lowest BCUT2D eigenvalue weighted by Crippen LogP contribution is -2.43. The zero-order valence-electron chi connectivity index (χ0n) is 11.0. The molecule has 0 atom stereocenters. The molecule has 104 valence electrons. The molecule has 6 nitrogen and oxygen atoms in total. The summed E-state index contributed by atoms with van der Waals surface area (Å²) < 4.78 is 4.77. The van der Waals surface area contributed by atoms with Gasteiger partial charge in [0.1, 0.15) is 11.4 Å². The second kappa shape index (κ2) is 5.88. The van der Waals surface area contributed by atoms with Crippen molar-refractivity contribution in [1.82, 2.24) is 4.98 Å². The molecule has 0 aliphatic heterocycles. The zero-order chi connectivity index (χ0) is 13.8. The van der Waals surface area contributed by atoms with Gasteiger partial charge in [0.15, 0.2) is 0 Å². The van der Waals surface area contributed by atoms with Crippen molar-refractivity contribution in [2.24, 2.45) is 0 Å². The first-order valence-corrected chi connectivity index (χ1v) is 6.38. The Morgan fingerprint density at radius 2 is 2.37 bits per heavy atom. The quantitative estimate of drug-likeness (QED) is 0.766. The van der Waals surface area contributed by atoms with Gasteiger partial charge in [0.2, 0.25) is 0 Å². The van der Waals surface area contributed by atoms with Crippen LogP contribution in [0.4, 0.5) is 11.5 Å². The largest absolute Gasteiger partial charge is 0.465 e. The minimum atomic E-state index is -0.461. The monoisotopic (exact) mass is 265 g/mol. The maximum Gasteiger partial charge on any atom is 0.341 e. The molecule has 0 aromatic carbocycles. The Labute approximate surface area is 112 Å². The molecule has 1 aliphatic rings. The van der Waals surface area contributed by atoms with Gasteiger partial charge in [0.25, 0.3) is 0 Å². The van der Waals surface area contributed by atoms with E-state index in [1.807, 2.05) is 4.90 Å². The van der Waals surface area contributed by atoms with Crippen molar-refractivity contribution < 1.29 is 14.6 Å². The predicted octanol–water partition coefficient (Wildman–Crippen LogP) is 0.802. The van der Waals surface area contributed by atoms with Gasteiger partial charge in [-0.25, -0.2) is 9.78 Å². The van der Waals surface area contributed by atoms with Crippen LogP contribution in [0.5, 0.6) is 0 Å². The summed E-state index contributed by atoms with van der Waals surface area (Å²) >= 11 is 0. The molecule has 3 N–H and O–H groups in total. The van der Waals surface area contributed by atoms with E-state index in [1.54, 1.807) is 6.07 Å². The second-order valence-electron chi connectivity index (χ2n) is 4.63. The molecule has 1 saturated carbocycles. The van der Waals surface area contributed by atoms with Crippen LogP contribution >= 0.6 is 0 Å². The molecule has 1 aliphatic carbocycles. The van der Waals surface area contributed by atoms with Crippen molar-refractivity contribution in [2.75, 3.05) is 30.9 Å². The number of carbonyl (C=O) groups excluding carboxylic acids is 1. The fourth-order valence-electron chi connectivity index (χ4n) is 2.23. The molecule has 2 rings (SSSR count). The van der Waals surface area contributed by atoms with Crippen LogP contribution in [0.1, 0.15) is 29.6 Å². The van der Waals surface area contributed by atoms with Crippen LogP contribution < -0.4 is 10.6 Å². The van der Waals surface area contributed by atoms with Gasteiger partial charge in [-0.15, -0.1) is 0 Å². The van der Waals surface area contributed by atoms with E-state index in [-0.39, 0.29) is 6.61 Å². The molecule has 1 aromatic heterocycles. The Hall–Kier alpha value is -1.82. The van der Waals surface area contributed by atoms with Gasteiger partial charge in [0, 0.05) is 12.6 Å². The van der Waals surface area contributed by atoms with E-state index in [0.29, 0.717) is 29.7 Å². The van der Waals surface area contributed by atoms with Crippen molar-refractivity contribution in [3.8, 4) is 0 Å². The van der Waals surface area contributed by atoms with Crippen LogP contribution in [0.25, 0.3) is 0 Å². The molecule has 1 fully saturated rings. The van der Waals surface area contributed by atoms with Gasteiger partial charge in [0.05, 0.1) is 25.6 Å². The molecule has 1 aromatic rings. The molecule has 0 unspecified atom stereocenters. The topological polar surface area (TPSA) is 88.7 Å². The lowest BCUT2D eigenvalue weighted by molar-refractivity contribution is 0.0600. The van der Waals surface area contributed by atoms with Crippen molar-refractivity contribution in [2.45, 2.75) is 25.3 Å². The van der Waals surface area contributed by atoms with E-state index < -0.39 is 5.97 Å². The number of pyridine rings is 1. The van der Waals surface area contributed by atoms with Crippen molar-refractivity contribution >= 4 is 17.5 Å². The highest BCUT2D eigenvalue weighted by Gasteiger charge is 2.29. The summed E-state index contributed by atoms with van der Waals surface area (Å²) in [7, 11) is 1.33. The number of esters is 1. The minimum Gasteiger partial charge on any atom is -0.465 e. The summed E-state index contributed by atoms with van der Waals surface area (Å²) in [5.74, 6) is 0.0804. The smallest absolute Gasteiger partial charge is 0.341 e. The van der Waals surface area contributed by atoms with Crippen LogP contribution in [0.2, 0.25) is 0 Å². The number of hydrogen-bond donors (Lipinski definition) is 2. The van der Waals surface area contributed by atoms with Gasteiger partial charge < -0.3 is 20.5 Å². The number of aliphatic hydroxyl groups excluding tert-OH is 1. The van der Waals surface area contributed by atoms with Gasteiger partial charge in [-0.05, 0) is 25.3 Å². The first kappa shape index (κ1) is 13.6. The molecule has 0 amide bonds. The maximum absolute atomic E-state index is 11.8. The Morgan fingerprint density at radius 3 is 2.89 bits per heavy atom. The molecule has 0 bridgehead atoms. The number of anilines is 2. The molecule has 1 heterocycles. The molecular weight excluding hydrogens is 246 g/mol. The Kier molecular flexibility index (Phi) is 4.21. The Balaban J connectivity index is 2.37. The number of ether oxygens (including phenoxy) is 1. The first-order valence-electron chi connectivity index (χ1n) is 6.38. The average Bonchev–Trinajstić information content (AvgIpc) is 2.35. The number of rotatable bonds is 5.